The van der Waals surface area contributed by atoms with Crippen LogP contribution in [-0.4, -0.2) is 18.4 Å². The topological polar surface area (TPSA) is 65.7 Å². The molecule has 0 spiro atoms. The molecule has 0 aliphatic rings. The second-order valence-corrected chi connectivity index (χ2v) is 8.75. The number of fused-ring (bicyclic) bond motifs is 1. The third-order valence-corrected chi connectivity index (χ3v) is 6.08. The molecule has 38 heavy (non-hydrogen) atoms. The minimum absolute atomic E-state index is 0.137. The van der Waals surface area contributed by atoms with Crippen molar-refractivity contribution < 1.29 is 23.5 Å². The van der Waals surface area contributed by atoms with Crippen LogP contribution in [-0.2, 0) is 0 Å². The molecule has 5 heteroatoms. The third-order valence-electron chi connectivity index (χ3n) is 6.08. The van der Waals surface area contributed by atoms with Crippen LogP contribution in [0.5, 0.6) is 11.5 Å². The molecule has 0 fully saturated rings. The van der Waals surface area contributed by atoms with Gasteiger partial charge in [-0.15, -0.1) is 0 Å². The first-order chi connectivity index (χ1) is 18.5. The monoisotopic (exact) mass is 502 g/mol. The van der Waals surface area contributed by atoms with E-state index in [4.69, 9.17) is 13.9 Å². The van der Waals surface area contributed by atoms with E-state index in [1.54, 1.807) is 48.5 Å². The fourth-order valence-electron chi connectivity index (χ4n) is 4.17. The first-order valence-corrected chi connectivity index (χ1v) is 12.4. The Kier molecular flexibility index (Phi) is 7.18. The van der Waals surface area contributed by atoms with Crippen molar-refractivity contribution >= 4 is 28.8 Å². The van der Waals surface area contributed by atoms with E-state index >= 15 is 0 Å². The van der Waals surface area contributed by atoms with E-state index in [2.05, 4.69) is 0 Å². The second-order valence-electron chi connectivity index (χ2n) is 8.75. The maximum absolute atomic E-state index is 13.7. The Morgan fingerprint density at radius 1 is 0.868 bits per heavy atom. The number of carbonyl (C=O) groups excluding carboxylic acids is 2. The minimum atomic E-state index is -0.568. The zero-order chi connectivity index (χ0) is 26.5. The molecule has 1 aromatic heterocycles. The smallest absolute Gasteiger partial charge is 0.348 e. The minimum Gasteiger partial charge on any atom is -0.494 e. The summed E-state index contributed by atoms with van der Waals surface area (Å²) in [5.41, 5.74) is 3.89. The largest absolute Gasteiger partial charge is 0.494 e. The van der Waals surface area contributed by atoms with E-state index in [-0.39, 0.29) is 5.78 Å². The van der Waals surface area contributed by atoms with Crippen molar-refractivity contribution in [3.8, 4) is 22.8 Å². The maximum atomic E-state index is 13.7. The van der Waals surface area contributed by atoms with Crippen LogP contribution in [0.1, 0.15) is 38.8 Å². The van der Waals surface area contributed by atoms with Crippen LogP contribution in [0.2, 0.25) is 0 Å². The van der Waals surface area contributed by atoms with Crippen LogP contribution in [0.4, 0.5) is 0 Å². The van der Waals surface area contributed by atoms with Gasteiger partial charge < -0.3 is 13.9 Å². The molecule has 188 valence electrons. The van der Waals surface area contributed by atoms with Crippen LogP contribution in [0.25, 0.3) is 28.4 Å². The van der Waals surface area contributed by atoms with Gasteiger partial charge in [-0.25, -0.2) is 4.79 Å². The molecule has 5 rings (SSSR count). The molecule has 0 bridgehead atoms. The number of para-hydroxylation sites is 1. The van der Waals surface area contributed by atoms with Gasteiger partial charge in [0.05, 0.1) is 6.61 Å². The lowest BCUT2D eigenvalue weighted by Crippen LogP contribution is -2.10. The lowest BCUT2D eigenvalue weighted by molar-refractivity contribution is 0.0736. The number of hydrogen-bond donors (Lipinski definition) is 0. The van der Waals surface area contributed by atoms with E-state index in [0.29, 0.717) is 51.5 Å². The quantitative estimate of drug-likeness (QED) is 0.0933. The zero-order valence-electron chi connectivity index (χ0n) is 21.1. The van der Waals surface area contributed by atoms with Gasteiger partial charge in [-0.05, 0) is 50.3 Å². The van der Waals surface area contributed by atoms with Gasteiger partial charge in [0.25, 0.3) is 0 Å². The molecule has 0 aliphatic carbocycles. The van der Waals surface area contributed by atoms with Gasteiger partial charge >= 0.3 is 5.97 Å². The molecule has 5 nitrogen and oxygen atoms in total. The molecule has 0 atom stereocenters. The lowest BCUT2D eigenvalue weighted by Gasteiger charge is -2.09. The summed E-state index contributed by atoms with van der Waals surface area (Å²) in [6, 6.07) is 29.3. The van der Waals surface area contributed by atoms with E-state index in [0.717, 1.165) is 11.1 Å². The predicted molar refractivity (Wildman–Crippen MR) is 149 cm³/mol. The summed E-state index contributed by atoms with van der Waals surface area (Å²) < 4.78 is 17.7. The molecule has 0 unspecified atom stereocenters. The maximum Gasteiger partial charge on any atom is 0.348 e. The number of aryl methyl sites for hydroxylation is 1. The molecule has 1 heterocycles. The van der Waals surface area contributed by atoms with Crippen molar-refractivity contribution in [3.63, 3.8) is 0 Å². The molecule has 0 saturated heterocycles. The fraction of sp³-hybridized carbons (Fsp3) is 0.0909. The van der Waals surface area contributed by atoms with Crippen LogP contribution in [0.3, 0.4) is 0 Å². The number of ketones is 1. The van der Waals surface area contributed by atoms with Gasteiger partial charge in [-0.3, -0.25) is 4.79 Å². The molecular formula is C33H26O5. The van der Waals surface area contributed by atoms with Gasteiger partial charge in [0.2, 0.25) is 0 Å². The fourth-order valence-corrected chi connectivity index (χ4v) is 4.17. The molecule has 0 radical (unpaired) electrons. The summed E-state index contributed by atoms with van der Waals surface area (Å²) in [5, 5.41) is 0.599. The first kappa shape index (κ1) is 24.8. The second kappa shape index (κ2) is 11.0. The summed E-state index contributed by atoms with van der Waals surface area (Å²) >= 11 is 0. The first-order valence-electron chi connectivity index (χ1n) is 12.4. The molecule has 0 aliphatic heterocycles. The highest BCUT2D eigenvalue weighted by Crippen LogP contribution is 2.36. The van der Waals surface area contributed by atoms with Crippen molar-refractivity contribution in [2.24, 2.45) is 0 Å². The van der Waals surface area contributed by atoms with Gasteiger partial charge in [-0.2, -0.15) is 0 Å². The number of carbonyl (C=O) groups is 2. The van der Waals surface area contributed by atoms with Crippen LogP contribution in [0.15, 0.2) is 108 Å². The average molecular weight is 503 g/mol. The normalized spacial score (nSPS) is 11.1. The average Bonchev–Trinajstić information content (AvgIpc) is 3.32. The highest BCUT2D eigenvalue weighted by molar-refractivity contribution is 6.10. The molecular weight excluding hydrogens is 476 g/mol. The lowest BCUT2D eigenvalue weighted by atomic mass is 10.1. The van der Waals surface area contributed by atoms with Crippen molar-refractivity contribution in [2.75, 3.05) is 6.61 Å². The number of ether oxygens (including phenoxy) is 2. The summed E-state index contributed by atoms with van der Waals surface area (Å²) in [6.07, 6.45) is 3.14. The molecule has 4 aromatic carbocycles. The Hall–Kier alpha value is -4.90. The van der Waals surface area contributed by atoms with Gasteiger partial charge in [0, 0.05) is 22.1 Å². The summed E-state index contributed by atoms with van der Waals surface area (Å²) in [4.78, 5) is 26.3. The van der Waals surface area contributed by atoms with E-state index in [1.807, 2.05) is 68.4 Å². The number of allylic oxidation sites excluding steroid dienone is 1. The van der Waals surface area contributed by atoms with Crippen molar-refractivity contribution in [3.05, 3.63) is 125 Å². The van der Waals surface area contributed by atoms with Gasteiger partial charge in [0.1, 0.15) is 28.4 Å². The van der Waals surface area contributed by atoms with Crippen LogP contribution >= 0.6 is 0 Å². The Bertz CT molecular complexity index is 1630. The SMILES string of the molecule is CCOc1ccc2oc(-c3ccccc3)c(C(=O)Oc3ccccc3/C=C/C(=O)c3ccc(C)cc3)c2c1. The molecule has 0 amide bonds. The molecule has 0 N–H and O–H groups in total. The van der Waals surface area contributed by atoms with E-state index < -0.39 is 5.97 Å². The number of esters is 1. The molecule has 0 saturated carbocycles. The van der Waals surface area contributed by atoms with Crippen LogP contribution in [0, 0.1) is 6.92 Å². The van der Waals surface area contributed by atoms with E-state index in [1.165, 1.54) is 6.08 Å². The standard InChI is InChI=1S/C33H26O5/c1-3-36-26-18-20-30-27(21-26)31(32(37-30)25-10-5-4-6-11-25)33(35)38-29-12-8-7-9-24(29)17-19-28(34)23-15-13-22(2)14-16-23/h4-21H,3H2,1-2H3/b19-17+. The number of furan rings is 1. The summed E-state index contributed by atoms with van der Waals surface area (Å²) in [6.45, 7) is 4.37. The Balaban J connectivity index is 1.50. The third kappa shape index (κ3) is 5.27. The van der Waals surface area contributed by atoms with Crippen molar-refractivity contribution in [1.29, 1.82) is 0 Å². The summed E-state index contributed by atoms with van der Waals surface area (Å²) in [5.74, 6) is 0.678. The van der Waals surface area contributed by atoms with Crippen molar-refractivity contribution in [1.82, 2.24) is 0 Å². The Labute approximate surface area is 220 Å². The number of benzene rings is 4. The van der Waals surface area contributed by atoms with Crippen molar-refractivity contribution in [2.45, 2.75) is 13.8 Å². The zero-order valence-corrected chi connectivity index (χ0v) is 21.1. The predicted octanol–water partition coefficient (Wildman–Crippen LogP) is 7.92. The highest BCUT2D eigenvalue weighted by atomic mass is 16.5. The van der Waals surface area contributed by atoms with E-state index in [9.17, 15) is 9.59 Å². The van der Waals surface area contributed by atoms with Gasteiger partial charge in [-0.1, -0.05) is 78.4 Å². The molecule has 5 aromatic rings. The number of rotatable bonds is 8. The summed E-state index contributed by atoms with van der Waals surface area (Å²) in [7, 11) is 0. The highest BCUT2D eigenvalue weighted by Gasteiger charge is 2.25. The Morgan fingerprint density at radius 3 is 2.37 bits per heavy atom. The van der Waals surface area contributed by atoms with Crippen LogP contribution < -0.4 is 9.47 Å². The van der Waals surface area contributed by atoms with Gasteiger partial charge in [0.15, 0.2) is 5.78 Å². The number of hydrogen-bond acceptors (Lipinski definition) is 5. The Morgan fingerprint density at radius 2 is 1.61 bits per heavy atom.